The SMILES string of the molecule is COc1cccc(Cl)c1-c1cc(N)on1. The molecule has 0 fully saturated rings. The smallest absolute Gasteiger partial charge is 0.222 e. The summed E-state index contributed by atoms with van der Waals surface area (Å²) >= 11 is 6.05. The van der Waals surface area contributed by atoms with E-state index in [0.29, 0.717) is 22.0 Å². The zero-order chi connectivity index (χ0) is 10.8. The highest BCUT2D eigenvalue weighted by molar-refractivity contribution is 6.33. The Balaban J connectivity index is 2.60. The van der Waals surface area contributed by atoms with E-state index in [1.165, 1.54) is 0 Å². The molecule has 1 aromatic heterocycles. The highest BCUT2D eigenvalue weighted by Crippen LogP contribution is 2.36. The number of methoxy groups -OCH3 is 1. The van der Waals surface area contributed by atoms with Crippen LogP contribution in [0.3, 0.4) is 0 Å². The average molecular weight is 225 g/mol. The van der Waals surface area contributed by atoms with Crippen LogP contribution in [0.1, 0.15) is 0 Å². The van der Waals surface area contributed by atoms with Crippen molar-refractivity contribution in [3.8, 4) is 17.0 Å². The molecule has 0 unspecified atom stereocenters. The van der Waals surface area contributed by atoms with Crippen LogP contribution in [-0.4, -0.2) is 12.3 Å². The molecule has 1 heterocycles. The third-order valence-electron chi connectivity index (χ3n) is 1.98. The van der Waals surface area contributed by atoms with Gasteiger partial charge in [-0.1, -0.05) is 22.8 Å². The van der Waals surface area contributed by atoms with Gasteiger partial charge in [0.2, 0.25) is 5.88 Å². The molecule has 78 valence electrons. The number of nitrogens with two attached hydrogens (primary N) is 1. The van der Waals surface area contributed by atoms with Crippen molar-refractivity contribution in [2.75, 3.05) is 12.8 Å². The number of hydrogen-bond donors (Lipinski definition) is 1. The van der Waals surface area contributed by atoms with Gasteiger partial charge in [0.05, 0.1) is 17.7 Å². The number of hydrogen-bond acceptors (Lipinski definition) is 4. The number of nitrogen functional groups attached to an aromatic ring is 1. The summed E-state index contributed by atoms with van der Waals surface area (Å²) in [5.74, 6) is 0.878. The minimum absolute atomic E-state index is 0.243. The maximum atomic E-state index is 6.05. The molecule has 5 heteroatoms. The second-order valence-corrected chi connectivity index (χ2v) is 3.34. The Morgan fingerprint density at radius 2 is 2.27 bits per heavy atom. The van der Waals surface area contributed by atoms with Crippen LogP contribution < -0.4 is 10.5 Å². The number of halogens is 1. The first-order valence-corrected chi connectivity index (χ1v) is 4.65. The van der Waals surface area contributed by atoms with Gasteiger partial charge in [-0.25, -0.2) is 0 Å². The van der Waals surface area contributed by atoms with E-state index in [4.69, 9.17) is 26.6 Å². The van der Waals surface area contributed by atoms with Crippen LogP contribution in [0.15, 0.2) is 28.8 Å². The molecule has 2 rings (SSSR count). The highest BCUT2D eigenvalue weighted by Gasteiger charge is 2.13. The summed E-state index contributed by atoms with van der Waals surface area (Å²) in [6.45, 7) is 0. The van der Waals surface area contributed by atoms with Crippen molar-refractivity contribution < 1.29 is 9.26 Å². The van der Waals surface area contributed by atoms with Gasteiger partial charge in [-0.05, 0) is 12.1 Å². The number of ether oxygens (including phenoxy) is 1. The molecule has 0 atom stereocenters. The summed E-state index contributed by atoms with van der Waals surface area (Å²) in [5, 5.41) is 4.34. The van der Waals surface area contributed by atoms with E-state index >= 15 is 0 Å². The first kappa shape index (κ1) is 9.86. The lowest BCUT2D eigenvalue weighted by Gasteiger charge is -2.06. The zero-order valence-corrected chi connectivity index (χ0v) is 8.78. The van der Waals surface area contributed by atoms with Gasteiger partial charge in [-0.15, -0.1) is 0 Å². The molecule has 15 heavy (non-hydrogen) atoms. The van der Waals surface area contributed by atoms with Crippen LogP contribution in [0.2, 0.25) is 5.02 Å². The second-order valence-electron chi connectivity index (χ2n) is 2.93. The van der Waals surface area contributed by atoms with Crippen molar-refractivity contribution in [2.45, 2.75) is 0 Å². The van der Waals surface area contributed by atoms with Gasteiger partial charge in [0.25, 0.3) is 0 Å². The molecule has 0 radical (unpaired) electrons. The van der Waals surface area contributed by atoms with Gasteiger partial charge in [0.1, 0.15) is 11.4 Å². The highest BCUT2D eigenvalue weighted by atomic mass is 35.5. The van der Waals surface area contributed by atoms with E-state index in [1.54, 1.807) is 31.4 Å². The minimum Gasteiger partial charge on any atom is -0.496 e. The molecule has 0 aliphatic heterocycles. The van der Waals surface area contributed by atoms with Crippen LogP contribution in [0, 0.1) is 0 Å². The number of nitrogens with zero attached hydrogens (tertiary/aromatic N) is 1. The van der Waals surface area contributed by atoms with Gasteiger partial charge in [-0.2, -0.15) is 0 Å². The van der Waals surface area contributed by atoms with Crippen LogP contribution in [0.25, 0.3) is 11.3 Å². The fourth-order valence-electron chi connectivity index (χ4n) is 1.33. The van der Waals surface area contributed by atoms with Gasteiger partial charge >= 0.3 is 0 Å². The summed E-state index contributed by atoms with van der Waals surface area (Å²) in [5.41, 5.74) is 6.69. The number of benzene rings is 1. The van der Waals surface area contributed by atoms with Crippen LogP contribution in [0.5, 0.6) is 5.75 Å². The Morgan fingerprint density at radius 3 is 2.87 bits per heavy atom. The van der Waals surface area contributed by atoms with E-state index in [1.807, 2.05) is 0 Å². The Morgan fingerprint density at radius 1 is 1.47 bits per heavy atom. The number of rotatable bonds is 2. The molecule has 1 aromatic carbocycles. The summed E-state index contributed by atoms with van der Waals surface area (Å²) in [6.07, 6.45) is 0. The largest absolute Gasteiger partial charge is 0.496 e. The third kappa shape index (κ3) is 1.76. The standard InChI is InChI=1S/C10H9ClN2O2/c1-14-8-4-2-3-6(11)10(8)7-5-9(12)15-13-7/h2-5H,12H2,1H3. The molecular formula is C10H9ClN2O2. The minimum atomic E-state index is 0.243. The average Bonchev–Trinajstić information content (AvgIpc) is 2.64. The van der Waals surface area contributed by atoms with Crippen LogP contribution in [-0.2, 0) is 0 Å². The van der Waals surface area contributed by atoms with Crippen molar-refractivity contribution in [3.05, 3.63) is 29.3 Å². The lowest BCUT2D eigenvalue weighted by atomic mass is 10.1. The Hall–Kier alpha value is -1.68. The monoisotopic (exact) mass is 224 g/mol. The van der Waals surface area contributed by atoms with E-state index in [0.717, 1.165) is 0 Å². The maximum Gasteiger partial charge on any atom is 0.222 e. The predicted octanol–water partition coefficient (Wildman–Crippen LogP) is 2.59. The van der Waals surface area contributed by atoms with E-state index in [-0.39, 0.29) is 5.88 Å². The molecule has 2 aromatic rings. The molecular weight excluding hydrogens is 216 g/mol. The Bertz CT molecular complexity index is 482. The molecule has 2 N–H and O–H groups in total. The molecule has 0 saturated heterocycles. The summed E-state index contributed by atoms with van der Waals surface area (Å²) in [7, 11) is 1.57. The predicted molar refractivity (Wildman–Crippen MR) is 57.9 cm³/mol. The molecule has 0 aliphatic rings. The topological polar surface area (TPSA) is 61.3 Å². The molecule has 0 amide bonds. The van der Waals surface area contributed by atoms with Crippen molar-refractivity contribution in [3.63, 3.8) is 0 Å². The van der Waals surface area contributed by atoms with E-state index in [9.17, 15) is 0 Å². The Labute approximate surface area is 91.6 Å². The lowest BCUT2D eigenvalue weighted by Crippen LogP contribution is -1.88. The van der Waals surface area contributed by atoms with Crippen molar-refractivity contribution in [2.24, 2.45) is 0 Å². The first-order valence-electron chi connectivity index (χ1n) is 4.27. The zero-order valence-electron chi connectivity index (χ0n) is 8.03. The molecule has 0 aliphatic carbocycles. The van der Waals surface area contributed by atoms with E-state index in [2.05, 4.69) is 5.16 Å². The first-order chi connectivity index (χ1) is 7.22. The normalized spacial score (nSPS) is 10.3. The number of aromatic nitrogens is 1. The Kier molecular flexibility index (Phi) is 2.51. The molecule has 0 spiro atoms. The van der Waals surface area contributed by atoms with Gasteiger partial charge in [-0.3, -0.25) is 0 Å². The third-order valence-corrected chi connectivity index (χ3v) is 2.29. The van der Waals surface area contributed by atoms with Crippen molar-refractivity contribution in [1.82, 2.24) is 5.16 Å². The second kappa shape index (κ2) is 3.82. The molecule has 0 saturated carbocycles. The van der Waals surface area contributed by atoms with E-state index < -0.39 is 0 Å². The number of anilines is 1. The van der Waals surface area contributed by atoms with Crippen molar-refractivity contribution >= 4 is 17.5 Å². The maximum absolute atomic E-state index is 6.05. The van der Waals surface area contributed by atoms with Gasteiger partial charge in [0.15, 0.2) is 0 Å². The van der Waals surface area contributed by atoms with Crippen molar-refractivity contribution in [1.29, 1.82) is 0 Å². The quantitative estimate of drug-likeness (QED) is 0.852. The van der Waals surface area contributed by atoms with Gasteiger partial charge < -0.3 is 15.0 Å². The fraction of sp³-hybridized carbons (Fsp3) is 0.100. The van der Waals surface area contributed by atoms with Gasteiger partial charge in [0, 0.05) is 6.07 Å². The summed E-state index contributed by atoms with van der Waals surface area (Å²) < 4.78 is 9.97. The lowest BCUT2D eigenvalue weighted by molar-refractivity contribution is 0.414. The fourth-order valence-corrected chi connectivity index (χ4v) is 1.59. The summed E-state index contributed by atoms with van der Waals surface area (Å²) in [4.78, 5) is 0. The van der Waals surface area contributed by atoms with Crippen LogP contribution >= 0.6 is 11.6 Å². The molecule has 0 bridgehead atoms. The summed E-state index contributed by atoms with van der Waals surface area (Å²) in [6, 6.07) is 6.95. The van der Waals surface area contributed by atoms with Crippen LogP contribution in [0.4, 0.5) is 5.88 Å². The molecule has 4 nitrogen and oxygen atoms in total.